The van der Waals surface area contributed by atoms with E-state index in [0.29, 0.717) is 53.4 Å². The van der Waals surface area contributed by atoms with E-state index < -0.39 is 12.0 Å². The van der Waals surface area contributed by atoms with Crippen LogP contribution in [0.25, 0.3) is 16.6 Å². The van der Waals surface area contributed by atoms with Gasteiger partial charge in [0.15, 0.2) is 5.69 Å². The average Bonchev–Trinajstić information content (AvgIpc) is 3.58. The van der Waals surface area contributed by atoms with Crippen molar-refractivity contribution in [2.24, 2.45) is 5.73 Å². The zero-order valence-corrected chi connectivity index (χ0v) is 19.7. The fourth-order valence-corrected chi connectivity index (χ4v) is 3.30. The maximum atomic E-state index is 12.1. The minimum absolute atomic E-state index is 0.155. The molecular weight excluding hydrogens is 432 g/mol. The molecule has 9 heteroatoms. The lowest BCUT2D eigenvalue weighted by molar-refractivity contribution is -0.117. The van der Waals surface area contributed by atoms with Crippen LogP contribution in [-0.2, 0) is 4.79 Å². The van der Waals surface area contributed by atoms with Gasteiger partial charge in [0, 0.05) is 37.8 Å². The summed E-state index contributed by atoms with van der Waals surface area (Å²) in [7, 11) is 1.65. The maximum absolute atomic E-state index is 12.1. The van der Waals surface area contributed by atoms with E-state index in [2.05, 4.69) is 27.2 Å². The van der Waals surface area contributed by atoms with Gasteiger partial charge in [-0.25, -0.2) is 9.67 Å². The predicted octanol–water partition coefficient (Wildman–Crippen LogP) is 2.31. The second kappa shape index (κ2) is 11.3. The summed E-state index contributed by atoms with van der Waals surface area (Å²) in [5.41, 5.74) is 7.86. The summed E-state index contributed by atoms with van der Waals surface area (Å²) in [6.45, 7) is 4.42. The number of rotatable bonds is 8. The average molecular weight is 463 g/mol. The van der Waals surface area contributed by atoms with E-state index in [1.807, 2.05) is 38.1 Å². The quantitative estimate of drug-likeness (QED) is 0.348. The number of primary amides is 1. The minimum Gasteiger partial charge on any atom is -0.380 e. The number of nitrogens with one attached hydrogen (secondary N) is 1. The second-order valence-electron chi connectivity index (χ2n) is 7.81. The van der Waals surface area contributed by atoms with Crippen LogP contribution in [-0.4, -0.2) is 62.8 Å². The third-order valence-corrected chi connectivity index (χ3v) is 5.15. The van der Waals surface area contributed by atoms with Crippen LogP contribution in [0.2, 0.25) is 0 Å². The Morgan fingerprint density at radius 1 is 1.38 bits per heavy atom. The number of hydrogen-bond donors (Lipinski definition) is 3. The molecule has 1 fully saturated rings. The zero-order valence-electron chi connectivity index (χ0n) is 19.7. The number of nitrogens with two attached hydrogens (primary N) is 1. The van der Waals surface area contributed by atoms with Crippen molar-refractivity contribution in [1.82, 2.24) is 19.7 Å². The summed E-state index contributed by atoms with van der Waals surface area (Å²) in [4.78, 5) is 28.6. The van der Waals surface area contributed by atoms with Gasteiger partial charge in [-0.1, -0.05) is 31.8 Å². The number of hydrogen-bond acceptors (Lipinski definition) is 6. The van der Waals surface area contributed by atoms with Gasteiger partial charge in [0.05, 0.1) is 16.6 Å². The number of aromatic nitrogens is 3. The Morgan fingerprint density at radius 2 is 2.15 bits per heavy atom. The molecule has 2 aromatic heterocycles. The zero-order chi connectivity index (χ0) is 24.7. The number of carbonyl (C=O) groups excluding carboxylic acids is 2. The van der Waals surface area contributed by atoms with Gasteiger partial charge in [-0.05, 0) is 37.1 Å². The van der Waals surface area contributed by atoms with Crippen LogP contribution < -0.4 is 11.1 Å². The second-order valence-corrected chi connectivity index (χ2v) is 7.81. The molecule has 1 atom stereocenters. The van der Waals surface area contributed by atoms with Crippen molar-refractivity contribution in [3.63, 3.8) is 0 Å². The lowest BCUT2D eigenvalue weighted by atomic mass is 10.1. The minimum atomic E-state index is -0.852. The Balaban J connectivity index is 0.00000158. The fraction of sp³-hybridized carbons (Fsp3) is 0.360. The monoisotopic (exact) mass is 462 g/mol. The molecule has 1 saturated carbocycles. The van der Waals surface area contributed by atoms with E-state index in [1.165, 1.54) is 4.90 Å². The fourth-order valence-electron chi connectivity index (χ4n) is 3.30. The molecule has 0 spiro atoms. The summed E-state index contributed by atoms with van der Waals surface area (Å²) >= 11 is 0. The number of pyridine rings is 1. The molecule has 1 aliphatic rings. The van der Waals surface area contributed by atoms with E-state index in [9.17, 15) is 14.7 Å². The van der Waals surface area contributed by atoms with Crippen molar-refractivity contribution in [2.45, 2.75) is 45.3 Å². The molecular formula is C25H30N6O3. The van der Waals surface area contributed by atoms with E-state index in [0.717, 1.165) is 12.8 Å². The molecule has 1 aromatic carbocycles. The summed E-state index contributed by atoms with van der Waals surface area (Å²) in [5, 5.41) is 18.5. The smallest absolute Gasteiger partial charge is 0.270 e. The highest BCUT2D eigenvalue weighted by Gasteiger charge is 2.25. The Hall–Kier alpha value is -3.90. The highest BCUT2D eigenvalue weighted by atomic mass is 16.3. The van der Waals surface area contributed by atoms with E-state index in [1.54, 1.807) is 24.0 Å². The summed E-state index contributed by atoms with van der Waals surface area (Å²) in [5.74, 6) is 5.73. The molecule has 0 bridgehead atoms. The van der Waals surface area contributed by atoms with Crippen molar-refractivity contribution >= 4 is 29.0 Å². The van der Waals surface area contributed by atoms with Gasteiger partial charge in [-0.3, -0.25) is 9.59 Å². The van der Waals surface area contributed by atoms with Crippen molar-refractivity contribution in [2.75, 3.05) is 18.9 Å². The molecule has 2 amide bonds. The topological polar surface area (TPSA) is 126 Å². The first kappa shape index (κ1) is 24.7. The number of carbonyl (C=O) groups is 2. The lowest BCUT2D eigenvalue weighted by Crippen LogP contribution is -2.21. The molecule has 4 N–H and O–H groups in total. The maximum Gasteiger partial charge on any atom is 0.270 e. The Bertz CT molecular complexity index is 1220. The Labute approximate surface area is 199 Å². The summed E-state index contributed by atoms with van der Waals surface area (Å²) < 4.78 is 1.65. The SMILES string of the molecule is CC.CN(C=O)CCC(O)C#Cc1cccc(-n2nc(C(N)=O)c3c(NC4CC4)nccc32)c1. The number of fused-ring (bicyclic) bond motifs is 1. The molecule has 0 radical (unpaired) electrons. The van der Waals surface area contributed by atoms with Crippen molar-refractivity contribution in [3.8, 4) is 17.5 Å². The van der Waals surface area contributed by atoms with Crippen LogP contribution in [0.1, 0.15) is 49.2 Å². The number of aliphatic hydroxyl groups excluding tert-OH is 1. The standard InChI is InChI=1S/C23H24N6O3.C2H6/c1-28(14-30)12-10-18(31)8-5-15-3-2-4-17(13-15)29-19-9-11-25-23(26-16-6-7-16)20(19)21(27-29)22(24)32;1-2/h2-4,9,11,13-14,16,18,31H,6-7,10,12H2,1H3,(H2,24,32)(H,25,26);1-2H3. The number of benzene rings is 1. The summed E-state index contributed by atoms with van der Waals surface area (Å²) in [6, 6.07) is 9.47. The van der Waals surface area contributed by atoms with E-state index >= 15 is 0 Å². The van der Waals surface area contributed by atoms with Gasteiger partial charge < -0.3 is 21.1 Å². The molecule has 1 unspecified atom stereocenters. The number of anilines is 1. The molecule has 34 heavy (non-hydrogen) atoms. The van der Waals surface area contributed by atoms with Gasteiger partial charge in [-0.15, -0.1) is 0 Å². The Morgan fingerprint density at radius 3 is 2.82 bits per heavy atom. The summed E-state index contributed by atoms with van der Waals surface area (Å²) in [6.07, 6.45) is 4.02. The van der Waals surface area contributed by atoms with Crippen molar-refractivity contribution in [1.29, 1.82) is 0 Å². The van der Waals surface area contributed by atoms with Crippen LogP contribution in [0.5, 0.6) is 0 Å². The molecule has 178 valence electrons. The number of nitrogens with zero attached hydrogens (tertiary/aromatic N) is 4. The van der Waals surface area contributed by atoms with Gasteiger partial charge in [0.1, 0.15) is 11.9 Å². The molecule has 2 heterocycles. The van der Waals surface area contributed by atoms with Gasteiger partial charge in [-0.2, -0.15) is 5.10 Å². The predicted molar refractivity (Wildman–Crippen MR) is 132 cm³/mol. The third-order valence-electron chi connectivity index (χ3n) is 5.15. The van der Waals surface area contributed by atoms with Crippen LogP contribution in [0.15, 0.2) is 36.5 Å². The highest BCUT2D eigenvalue weighted by molar-refractivity contribution is 6.08. The number of aliphatic hydroxyl groups is 1. The number of amides is 2. The first-order valence-corrected chi connectivity index (χ1v) is 11.4. The van der Waals surface area contributed by atoms with E-state index in [-0.39, 0.29) is 5.69 Å². The van der Waals surface area contributed by atoms with Crippen molar-refractivity contribution < 1.29 is 14.7 Å². The molecule has 0 saturated heterocycles. The van der Waals surface area contributed by atoms with Crippen molar-refractivity contribution in [3.05, 3.63) is 47.8 Å². The Kier molecular flexibility index (Phi) is 8.22. The van der Waals surface area contributed by atoms with Crippen LogP contribution in [0, 0.1) is 11.8 Å². The first-order valence-electron chi connectivity index (χ1n) is 11.4. The lowest BCUT2D eigenvalue weighted by Gasteiger charge is -2.10. The normalized spacial score (nSPS) is 13.2. The first-order chi connectivity index (χ1) is 16.5. The van der Waals surface area contributed by atoms with Crippen LogP contribution in [0.3, 0.4) is 0 Å². The molecule has 1 aliphatic carbocycles. The third kappa shape index (κ3) is 5.91. The van der Waals surface area contributed by atoms with Gasteiger partial charge >= 0.3 is 0 Å². The van der Waals surface area contributed by atoms with Crippen LogP contribution in [0.4, 0.5) is 5.82 Å². The molecule has 0 aliphatic heterocycles. The van der Waals surface area contributed by atoms with Crippen LogP contribution >= 0.6 is 0 Å². The van der Waals surface area contributed by atoms with Gasteiger partial charge in [0.2, 0.25) is 6.41 Å². The molecule has 3 aromatic rings. The van der Waals surface area contributed by atoms with Gasteiger partial charge in [0.25, 0.3) is 5.91 Å². The highest BCUT2D eigenvalue weighted by Crippen LogP contribution is 2.31. The van der Waals surface area contributed by atoms with E-state index in [4.69, 9.17) is 5.73 Å². The molecule has 9 nitrogen and oxygen atoms in total. The largest absolute Gasteiger partial charge is 0.380 e. The molecule has 4 rings (SSSR count).